The van der Waals surface area contributed by atoms with Gasteiger partial charge in [-0.1, -0.05) is 15.9 Å². The molecule has 14 heteroatoms. The number of halogens is 1. The molecule has 0 fully saturated rings. The number of esters is 3. The molecule has 0 spiro atoms. The first-order chi connectivity index (χ1) is 17.3. The van der Waals surface area contributed by atoms with E-state index in [0.717, 1.165) is 0 Å². The Morgan fingerprint density at radius 3 is 2.05 bits per heavy atom. The Hall–Kier alpha value is -2.74. The van der Waals surface area contributed by atoms with Crippen LogP contribution >= 0.6 is 15.9 Å². The molecule has 0 aliphatic heterocycles. The van der Waals surface area contributed by atoms with Gasteiger partial charge in [0.05, 0.1) is 56.2 Å². The van der Waals surface area contributed by atoms with E-state index in [4.69, 9.17) is 24.4 Å². The number of carbonyl (C=O) groups excluding carboxylic acids is 4. The number of hydrogen-bond acceptors (Lipinski definition) is 9. The number of carboxylic acids is 2. The van der Waals surface area contributed by atoms with Gasteiger partial charge in [-0.3, -0.25) is 24.0 Å². The number of nitrogens with zero attached hydrogens (tertiary/aromatic N) is 1. The molecule has 13 nitrogen and oxygen atoms in total. The number of methoxy groups -OCH3 is 1. The quantitative estimate of drug-likeness (QED) is 0.0659. The highest BCUT2D eigenvalue weighted by atomic mass is 79.9. The lowest BCUT2D eigenvalue weighted by atomic mass is 9.71. The molecule has 0 aromatic rings. The fourth-order valence-electron chi connectivity index (χ4n) is 3.78. The zero-order valence-electron chi connectivity index (χ0n) is 22.8. The summed E-state index contributed by atoms with van der Waals surface area (Å²) in [6, 6.07) is 0. The number of likely N-dealkylation sites (N-methyl/N-ethyl adjacent to an activating group) is 1. The Kier molecular flexibility index (Phi) is 14.5. The van der Waals surface area contributed by atoms with Gasteiger partial charge >= 0.3 is 29.8 Å². The minimum absolute atomic E-state index is 0.00451. The third kappa shape index (κ3) is 13.7. The average molecular weight is 612 g/mol. The molecular formula is C24H40BrN2O11+. The van der Waals surface area contributed by atoms with E-state index >= 15 is 0 Å². The van der Waals surface area contributed by atoms with E-state index < -0.39 is 51.4 Å². The molecule has 0 aliphatic carbocycles. The third-order valence-electron chi connectivity index (χ3n) is 5.68. The topological polar surface area (TPSA) is 183 Å². The Morgan fingerprint density at radius 1 is 0.921 bits per heavy atom. The van der Waals surface area contributed by atoms with E-state index in [1.54, 1.807) is 34.9 Å². The van der Waals surface area contributed by atoms with Crippen LogP contribution in [0.15, 0.2) is 0 Å². The van der Waals surface area contributed by atoms with Crippen LogP contribution < -0.4 is 5.32 Å². The molecule has 218 valence electrons. The number of nitrogens with one attached hydrogen (secondary N) is 1. The Bertz CT molecular complexity index is 875. The number of quaternary nitrogens is 1. The maximum Gasteiger partial charge on any atom is 0.359 e. The van der Waals surface area contributed by atoms with E-state index in [1.165, 1.54) is 7.11 Å². The standard InChI is InChI=1S/C24H39BrN2O11/c1-23(2,21(34)36-6)15-24(3,22(35)38-12-10-27(4,5)14-18(30)31)13-16(25)20(33)26-9-11-37-19(32)8-7-17(28)29/h16H,7-15H2,1-6H3,(H2-,26,28,29,30,31,33)/p+1. The molecule has 0 aliphatic rings. The molecule has 3 N–H and O–H groups in total. The molecule has 0 heterocycles. The summed E-state index contributed by atoms with van der Waals surface area (Å²) in [5.74, 6) is -4.53. The van der Waals surface area contributed by atoms with E-state index in [9.17, 15) is 28.8 Å². The number of ether oxygens (including phenoxy) is 3. The average Bonchev–Trinajstić information content (AvgIpc) is 2.77. The lowest BCUT2D eigenvalue weighted by Crippen LogP contribution is -2.47. The number of aliphatic carboxylic acids is 2. The van der Waals surface area contributed by atoms with Gasteiger partial charge in [-0.2, -0.15) is 0 Å². The van der Waals surface area contributed by atoms with E-state index in [1.807, 2.05) is 0 Å². The summed E-state index contributed by atoms with van der Waals surface area (Å²) in [5.41, 5.74) is -2.40. The summed E-state index contributed by atoms with van der Waals surface area (Å²) >= 11 is 3.28. The number of carbonyl (C=O) groups is 6. The molecule has 2 unspecified atom stereocenters. The first kappa shape index (κ1) is 35.3. The minimum atomic E-state index is -1.31. The predicted molar refractivity (Wildman–Crippen MR) is 137 cm³/mol. The van der Waals surface area contributed by atoms with Crippen LogP contribution in [0, 0.1) is 10.8 Å². The van der Waals surface area contributed by atoms with Crippen molar-refractivity contribution in [2.24, 2.45) is 10.8 Å². The van der Waals surface area contributed by atoms with Gasteiger partial charge in [0.2, 0.25) is 5.91 Å². The van der Waals surface area contributed by atoms with Crippen LogP contribution in [0.2, 0.25) is 0 Å². The summed E-state index contributed by atoms with van der Waals surface area (Å²) < 4.78 is 15.3. The molecule has 0 bridgehead atoms. The van der Waals surface area contributed by atoms with Gasteiger partial charge in [0.15, 0.2) is 6.54 Å². The van der Waals surface area contributed by atoms with E-state index in [2.05, 4.69) is 21.2 Å². The summed E-state index contributed by atoms with van der Waals surface area (Å²) in [7, 11) is 4.60. The van der Waals surface area contributed by atoms with Crippen molar-refractivity contribution in [2.75, 3.05) is 54.1 Å². The second kappa shape index (κ2) is 15.6. The lowest BCUT2D eigenvalue weighted by molar-refractivity contribution is -0.883. The highest BCUT2D eigenvalue weighted by Gasteiger charge is 2.45. The van der Waals surface area contributed by atoms with Crippen LogP contribution in [0.3, 0.4) is 0 Å². The summed E-state index contributed by atoms with van der Waals surface area (Å²) in [4.78, 5) is 70.3. The Labute approximate surface area is 230 Å². The van der Waals surface area contributed by atoms with Gasteiger partial charge in [-0.15, -0.1) is 0 Å². The Morgan fingerprint density at radius 2 is 1.53 bits per heavy atom. The monoisotopic (exact) mass is 611 g/mol. The van der Waals surface area contributed by atoms with Crippen molar-refractivity contribution in [3.05, 3.63) is 0 Å². The SMILES string of the molecule is COC(=O)C(C)(C)CC(C)(CC(Br)C(=O)NCCOC(=O)CCC(=O)O)C(=O)OCC[N+](C)(C)CC(=O)O. The molecule has 0 aromatic heterocycles. The lowest BCUT2D eigenvalue weighted by Gasteiger charge is -2.35. The maximum absolute atomic E-state index is 13.2. The second-order valence-electron chi connectivity index (χ2n) is 10.5. The van der Waals surface area contributed by atoms with Crippen LogP contribution in [-0.4, -0.2) is 109 Å². The van der Waals surface area contributed by atoms with Gasteiger partial charge in [0.25, 0.3) is 0 Å². The zero-order valence-corrected chi connectivity index (χ0v) is 24.4. The third-order valence-corrected chi connectivity index (χ3v) is 6.42. The molecule has 0 saturated carbocycles. The van der Waals surface area contributed by atoms with Crippen LogP contribution in [0.4, 0.5) is 0 Å². The second-order valence-corrected chi connectivity index (χ2v) is 11.6. The number of amides is 1. The summed E-state index contributed by atoms with van der Waals surface area (Å²) in [5, 5.41) is 20.2. The Balaban J connectivity index is 5.27. The molecule has 1 amide bonds. The number of alkyl halides is 1. The fourth-order valence-corrected chi connectivity index (χ4v) is 4.65. The highest BCUT2D eigenvalue weighted by Crippen LogP contribution is 2.40. The van der Waals surface area contributed by atoms with E-state index in [0.29, 0.717) is 0 Å². The highest BCUT2D eigenvalue weighted by molar-refractivity contribution is 9.10. The van der Waals surface area contributed by atoms with E-state index in [-0.39, 0.29) is 63.0 Å². The van der Waals surface area contributed by atoms with Gasteiger partial charge in [0, 0.05) is 0 Å². The smallest absolute Gasteiger partial charge is 0.359 e. The van der Waals surface area contributed by atoms with Crippen molar-refractivity contribution in [3.8, 4) is 0 Å². The van der Waals surface area contributed by atoms with Crippen molar-refractivity contribution >= 4 is 51.7 Å². The fraction of sp³-hybridized carbons (Fsp3) is 0.750. The predicted octanol–water partition coefficient (Wildman–Crippen LogP) is 0.964. The van der Waals surface area contributed by atoms with Crippen LogP contribution in [0.1, 0.15) is 46.5 Å². The molecule has 38 heavy (non-hydrogen) atoms. The summed E-state index contributed by atoms with van der Waals surface area (Å²) in [6.07, 6.45) is -0.701. The largest absolute Gasteiger partial charge is 0.481 e. The first-order valence-electron chi connectivity index (χ1n) is 11.9. The zero-order chi connectivity index (χ0) is 29.7. The van der Waals surface area contributed by atoms with Crippen LogP contribution in [0.5, 0.6) is 0 Å². The van der Waals surface area contributed by atoms with Gasteiger partial charge in [-0.05, 0) is 33.6 Å². The van der Waals surface area contributed by atoms with Crippen molar-refractivity contribution in [2.45, 2.75) is 51.3 Å². The van der Waals surface area contributed by atoms with Crippen molar-refractivity contribution in [3.63, 3.8) is 0 Å². The van der Waals surface area contributed by atoms with Crippen molar-refractivity contribution in [1.29, 1.82) is 0 Å². The molecule has 2 atom stereocenters. The molecule has 0 rings (SSSR count). The molecule has 0 saturated heterocycles. The minimum Gasteiger partial charge on any atom is -0.481 e. The van der Waals surface area contributed by atoms with Crippen LogP contribution in [0.25, 0.3) is 0 Å². The first-order valence-corrected chi connectivity index (χ1v) is 12.9. The number of carboxylic acid groups (broad SMARTS) is 2. The number of rotatable bonds is 18. The molecular weight excluding hydrogens is 572 g/mol. The normalized spacial score (nSPS) is 14.0. The van der Waals surface area contributed by atoms with Crippen LogP contribution in [-0.2, 0) is 43.0 Å². The summed E-state index contributed by atoms with van der Waals surface area (Å²) in [6.45, 7) is 4.59. The van der Waals surface area contributed by atoms with Gasteiger partial charge < -0.3 is 34.2 Å². The number of hydrogen-bond donors (Lipinski definition) is 3. The molecule has 0 aromatic carbocycles. The van der Waals surface area contributed by atoms with Crippen molar-refractivity contribution < 1.29 is 57.7 Å². The molecule has 0 radical (unpaired) electrons. The van der Waals surface area contributed by atoms with Gasteiger partial charge in [-0.25, -0.2) is 4.79 Å². The maximum atomic E-state index is 13.2. The van der Waals surface area contributed by atoms with Gasteiger partial charge in [0.1, 0.15) is 19.8 Å². The van der Waals surface area contributed by atoms with Crippen molar-refractivity contribution in [1.82, 2.24) is 5.32 Å².